The molecule has 0 saturated heterocycles. The van der Waals surface area contributed by atoms with Gasteiger partial charge in [-0.05, 0) is 34.5 Å². The van der Waals surface area contributed by atoms with Crippen LogP contribution in [0.4, 0.5) is 0 Å². The van der Waals surface area contributed by atoms with Gasteiger partial charge in [0.25, 0.3) is 0 Å². The van der Waals surface area contributed by atoms with E-state index in [1.54, 1.807) is 13.0 Å². The predicted octanol–water partition coefficient (Wildman–Crippen LogP) is 7.95. The Bertz CT molecular complexity index is 1340. The van der Waals surface area contributed by atoms with Crippen molar-refractivity contribution in [3.05, 3.63) is 72.8 Å². The van der Waals surface area contributed by atoms with Crippen molar-refractivity contribution in [1.82, 2.24) is 0 Å². The summed E-state index contributed by atoms with van der Waals surface area (Å²) in [4.78, 5) is 0. The lowest BCUT2D eigenvalue weighted by Crippen LogP contribution is -2.35. The molecule has 0 bridgehead atoms. The number of aliphatic hydroxyl groups excluding tert-OH is 1. The minimum absolute atomic E-state index is 0.214. The number of aromatic hydroxyl groups is 1. The van der Waals surface area contributed by atoms with Crippen molar-refractivity contribution in [2.24, 2.45) is 0 Å². The Morgan fingerprint density at radius 3 is 1.56 bits per heavy atom. The van der Waals surface area contributed by atoms with E-state index in [-0.39, 0.29) is 12.4 Å². The Balaban J connectivity index is 0.00000103. The summed E-state index contributed by atoms with van der Waals surface area (Å²) in [7, 11) is -2.96. The van der Waals surface area contributed by atoms with E-state index in [4.69, 9.17) is 5.11 Å². The van der Waals surface area contributed by atoms with Crippen molar-refractivity contribution in [2.75, 3.05) is 6.61 Å². The average Bonchev–Trinajstić information content (AvgIpc) is 2.77. The van der Waals surface area contributed by atoms with Crippen LogP contribution in [-0.2, 0) is 4.57 Å². The van der Waals surface area contributed by atoms with Crippen LogP contribution in [0.1, 0.15) is 48.5 Å². The molecule has 4 heteroatoms. The van der Waals surface area contributed by atoms with E-state index >= 15 is 4.57 Å². The van der Waals surface area contributed by atoms with Crippen molar-refractivity contribution in [3.8, 4) is 16.9 Å². The molecule has 0 aliphatic carbocycles. The summed E-state index contributed by atoms with van der Waals surface area (Å²) in [5.41, 5.74) is 1.65. The van der Waals surface area contributed by atoms with E-state index in [0.29, 0.717) is 0 Å². The minimum atomic E-state index is -2.96. The van der Waals surface area contributed by atoms with Crippen LogP contribution in [0.25, 0.3) is 32.7 Å². The molecular weight excluding hydrogens is 439 g/mol. The Morgan fingerprint density at radius 1 is 0.676 bits per heavy atom. The molecule has 4 aromatic rings. The van der Waals surface area contributed by atoms with Gasteiger partial charge in [0, 0.05) is 33.4 Å². The van der Waals surface area contributed by atoms with Crippen LogP contribution in [0.2, 0.25) is 0 Å². The number of benzene rings is 4. The zero-order valence-electron chi connectivity index (χ0n) is 21.4. The van der Waals surface area contributed by atoms with Gasteiger partial charge in [-0.25, -0.2) is 0 Å². The van der Waals surface area contributed by atoms with E-state index in [9.17, 15) is 5.11 Å². The number of phenols is 1. The molecule has 2 N–H and O–H groups in total. The molecule has 3 nitrogen and oxygen atoms in total. The first-order valence-corrected chi connectivity index (χ1v) is 13.5. The van der Waals surface area contributed by atoms with Crippen LogP contribution in [0.15, 0.2) is 72.8 Å². The highest BCUT2D eigenvalue weighted by molar-refractivity contribution is 7.74. The minimum Gasteiger partial charge on any atom is -0.507 e. The van der Waals surface area contributed by atoms with Crippen LogP contribution in [-0.4, -0.2) is 27.1 Å². The molecule has 34 heavy (non-hydrogen) atoms. The van der Waals surface area contributed by atoms with Gasteiger partial charge >= 0.3 is 0 Å². The third kappa shape index (κ3) is 4.40. The maximum Gasteiger partial charge on any atom is 0.126 e. The lowest BCUT2D eigenvalue weighted by atomic mass is 9.93. The predicted molar refractivity (Wildman–Crippen MR) is 148 cm³/mol. The van der Waals surface area contributed by atoms with Gasteiger partial charge in [-0.3, -0.25) is 0 Å². The number of aliphatic hydroxyl groups is 1. The number of fused-ring (bicyclic) bond motifs is 2. The van der Waals surface area contributed by atoms with Crippen molar-refractivity contribution in [2.45, 2.75) is 58.8 Å². The summed E-state index contributed by atoms with van der Waals surface area (Å²) in [6, 6.07) is 24.1. The molecule has 0 aliphatic rings. The summed E-state index contributed by atoms with van der Waals surface area (Å²) in [5, 5.41) is 22.8. The first-order valence-electron chi connectivity index (χ1n) is 11.8. The van der Waals surface area contributed by atoms with Crippen molar-refractivity contribution >= 4 is 34.0 Å². The fourth-order valence-corrected chi connectivity index (χ4v) is 9.33. The molecule has 0 atom stereocenters. The molecular formula is C30H37O3P. The third-order valence-electron chi connectivity index (χ3n) is 6.29. The summed E-state index contributed by atoms with van der Waals surface area (Å²) in [6.07, 6.45) is 0. The van der Waals surface area contributed by atoms with Crippen LogP contribution >= 0.6 is 7.14 Å². The molecule has 0 heterocycles. The summed E-state index contributed by atoms with van der Waals surface area (Å²) in [6.45, 7) is 14.4. The molecule has 0 fully saturated rings. The molecule has 4 aromatic carbocycles. The topological polar surface area (TPSA) is 57.5 Å². The fourth-order valence-electron chi connectivity index (χ4n) is 5.04. The van der Waals surface area contributed by atoms with Gasteiger partial charge in [-0.15, -0.1) is 0 Å². The molecule has 0 saturated carbocycles. The van der Waals surface area contributed by atoms with Crippen LogP contribution < -0.4 is 5.30 Å². The Hall–Kier alpha value is -2.61. The maximum atomic E-state index is 15.1. The van der Waals surface area contributed by atoms with E-state index in [1.165, 1.54) is 0 Å². The number of rotatable bonds is 2. The van der Waals surface area contributed by atoms with Gasteiger partial charge in [-0.2, -0.15) is 0 Å². The van der Waals surface area contributed by atoms with E-state index < -0.39 is 17.5 Å². The first-order chi connectivity index (χ1) is 15.9. The highest BCUT2D eigenvalue weighted by Crippen LogP contribution is 2.67. The lowest BCUT2D eigenvalue weighted by molar-refractivity contribution is 0.318. The van der Waals surface area contributed by atoms with Gasteiger partial charge in [0.15, 0.2) is 0 Å². The second-order valence-electron chi connectivity index (χ2n) is 10.6. The first kappa shape index (κ1) is 26.0. The Kier molecular flexibility index (Phi) is 7.31. The molecule has 0 aromatic heterocycles. The maximum absolute atomic E-state index is 15.1. The number of phenolic OH excluding ortho intramolecular Hbond substituents is 1. The normalized spacial score (nSPS) is 12.5. The zero-order valence-corrected chi connectivity index (χ0v) is 22.3. The smallest absolute Gasteiger partial charge is 0.126 e. The van der Waals surface area contributed by atoms with Crippen LogP contribution in [0, 0.1) is 0 Å². The molecule has 4 rings (SSSR count). The highest BCUT2D eigenvalue weighted by Gasteiger charge is 2.49. The largest absolute Gasteiger partial charge is 0.507 e. The average molecular weight is 477 g/mol. The second-order valence-corrected chi connectivity index (χ2v) is 15.0. The molecule has 0 amide bonds. The Morgan fingerprint density at radius 2 is 1.09 bits per heavy atom. The Labute approximate surface area is 203 Å². The molecule has 0 aliphatic heterocycles. The van der Waals surface area contributed by atoms with Gasteiger partial charge < -0.3 is 14.8 Å². The molecule has 180 valence electrons. The van der Waals surface area contributed by atoms with E-state index in [2.05, 4.69) is 65.8 Å². The van der Waals surface area contributed by atoms with Crippen LogP contribution in [0.3, 0.4) is 0 Å². The molecule has 0 spiro atoms. The van der Waals surface area contributed by atoms with E-state index in [0.717, 1.165) is 38.0 Å². The van der Waals surface area contributed by atoms with Gasteiger partial charge in [0.2, 0.25) is 0 Å². The van der Waals surface area contributed by atoms with Gasteiger partial charge in [-0.1, -0.05) is 108 Å². The van der Waals surface area contributed by atoms with E-state index in [1.807, 2.05) is 42.5 Å². The zero-order chi connectivity index (χ0) is 25.3. The SMILES string of the molecule is CC(C)(C)P(=O)(c1ccc2ccccc2c1-c1c(O)ccc2ccccc12)C(C)(C)C.CCO. The van der Waals surface area contributed by atoms with Crippen molar-refractivity contribution in [1.29, 1.82) is 0 Å². The van der Waals surface area contributed by atoms with Gasteiger partial charge in [0.1, 0.15) is 12.9 Å². The highest BCUT2D eigenvalue weighted by atomic mass is 31.2. The summed E-state index contributed by atoms with van der Waals surface area (Å²) < 4.78 is 15.1. The van der Waals surface area contributed by atoms with Crippen molar-refractivity contribution < 1.29 is 14.8 Å². The lowest BCUT2D eigenvalue weighted by Gasteiger charge is -2.42. The quantitative estimate of drug-likeness (QED) is 0.289. The second kappa shape index (κ2) is 9.56. The monoisotopic (exact) mass is 476 g/mol. The molecule has 0 unspecified atom stereocenters. The molecule has 0 radical (unpaired) electrons. The number of hydrogen-bond acceptors (Lipinski definition) is 3. The van der Waals surface area contributed by atoms with Crippen LogP contribution in [0.5, 0.6) is 5.75 Å². The number of hydrogen-bond donors (Lipinski definition) is 2. The van der Waals surface area contributed by atoms with Crippen molar-refractivity contribution in [3.63, 3.8) is 0 Å². The van der Waals surface area contributed by atoms with Gasteiger partial charge in [0.05, 0.1) is 0 Å². The third-order valence-corrected chi connectivity index (χ3v) is 11.1. The summed E-state index contributed by atoms with van der Waals surface area (Å²) in [5.74, 6) is 0.214. The summed E-state index contributed by atoms with van der Waals surface area (Å²) >= 11 is 0. The fraction of sp³-hybridized carbons (Fsp3) is 0.333. The standard InChI is InChI=1S/C28H31O2P.C2H6O/c1-27(2,3)31(30,28(4,5)6)24-18-16-20-12-8-10-14-22(20)26(24)25-21-13-9-7-11-19(21)15-17-23(25)29;1-2-3/h7-18,29H,1-6H3;3H,2H2,1H3.